The molecule has 1 saturated heterocycles. The summed E-state index contributed by atoms with van der Waals surface area (Å²) in [5.41, 5.74) is 5.25. The molecule has 0 radical (unpaired) electrons. The third kappa shape index (κ3) is 2.98. The minimum atomic E-state index is -0.0891. The Balaban J connectivity index is 2.08. The van der Waals surface area contributed by atoms with Gasteiger partial charge in [-0.2, -0.15) is 0 Å². The number of hydrogen-bond donors (Lipinski definition) is 2. The number of hydrazine groups is 1. The van der Waals surface area contributed by atoms with Crippen molar-refractivity contribution < 1.29 is 4.79 Å². The van der Waals surface area contributed by atoms with Gasteiger partial charge in [0.05, 0.1) is 11.3 Å². The van der Waals surface area contributed by atoms with E-state index in [0.717, 1.165) is 37.3 Å². The summed E-state index contributed by atoms with van der Waals surface area (Å²) in [5.74, 6) is -0.0891. The van der Waals surface area contributed by atoms with Crippen LogP contribution in [0.4, 0.5) is 5.69 Å². The van der Waals surface area contributed by atoms with Crippen LogP contribution in [-0.2, 0) is 0 Å². The first-order valence-corrected chi connectivity index (χ1v) is 6.41. The Bertz CT molecular complexity index is 427. The quantitative estimate of drug-likeness (QED) is 0.852. The molecule has 2 N–H and O–H groups in total. The van der Waals surface area contributed by atoms with E-state index in [1.807, 2.05) is 25.0 Å². The molecule has 0 unspecified atom stereocenters. The Kier molecular flexibility index (Phi) is 4.15. The Morgan fingerprint density at radius 1 is 1.33 bits per heavy atom. The number of hydrogen-bond acceptors (Lipinski definition) is 4. The van der Waals surface area contributed by atoms with Gasteiger partial charge in [-0.3, -0.25) is 15.2 Å². The highest BCUT2D eigenvalue weighted by Gasteiger charge is 2.16. The molecule has 1 amide bonds. The smallest absolute Gasteiger partial charge is 0.269 e. The molecule has 0 saturated carbocycles. The fourth-order valence-corrected chi connectivity index (χ4v) is 2.16. The lowest BCUT2D eigenvalue weighted by molar-refractivity contribution is 0.0750. The number of amides is 1. The zero-order valence-corrected chi connectivity index (χ0v) is 11.0. The van der Waals surface area contributed by atoms with Crippen molar-refractivity contribution in [1.82, 2.24) is 15.4 Å². The summed E-state index contributed by atoms with van der Waals surface area (Å²) in [5, 5.41) is 5.03. The minimum Gasteiger partial charge on any atom is -0.387 e. The second-order valence-corrected chi connectivity index (χ2v) is 4.61. The fraction of sp³-hybridized carbons (Fsp3) is 0.538. The Morgan fingerprint density at radius 3 is 2.72 bits per heavy atom. The minimum absolute atomic E-state index is 0.0891. The molecule has 5 heteroatoms. The van der Waals surface area contributed by atoms with Crippen LogP contribution in [0.5, 0.6) is 0 Å². The lowest BCUT2D eigenvalue weighted by atomic mass is 10.1. The highest BCUT2D eigenvalue weighted by Crippen LogP contribution is 2.15. The fourth-order valence-electron chi connectivity index (χ4n) is 2.16. The summed E-state index contributed by atoms with van der Waals surface area (Å²) in [4.78, 5) is 16.4. The maximum Gasteiger partial charge on any atom is 0.269 e. The van der Waals surface area contributed by atoms with Crippen LogP contribution in [0.25, 0.3) is 0 Å². The molecule has 1 fully saturated rings. The number of nitrogens with zero attached hydrogens (tertiary/aromatic N) is 2. The number of aryl methyl sites for hydroxylation is 1. The van der Waals surface area contributed by atoms with Gasteiger partial charge in [-0.1, -0.05) is 6.42 Å². The first kappa shape index (κ1) is 12.8. The van der Waals surface area contributed by atoms with Crippen LogP contribution in [0.15, 0.2) is 12.3 Å². The molecule has 0 aromatic carbocycles. The maximum atomic E-state index is 12.2. The van der Waals surface area contributed by atoms with E-state index in [2.05, 4.69) is 15.7 Å². The van der Waals surface area contributed by atoms with Crippen LogP contribution >= 0.6 is 0 Å². The highest BCUT2D eigenvalue weighted by molar-refractivity contribution is 5.99. The third-order valence-corrected chi connectivity index (χ3v) is 3.17. The van der Waals surface area contributed by atoms with Gasteiger partial charge < -0.3 is 5.32 Å². The number of rotatable bonds is 3. The van der Waals surface area contributed by atoms with Gasteiger partial charge in [-0.05, 0) is 25.8 Å². The molecule has 1 aromatic heterocycles. The molecule has 1 aromatic rings. The monoisotopic (exact) mass is 248 g/mol. The number of nitrogens with one attached hydrogen (secondary N) is 2. The molecule has 98 valence electrons. The molecule has 5 nitrogen and oxygen atoms in total. The molecule has 0 bridgehead atoms. The molecule has 2 rings (SSSR count). The van der Waals surface area contributed by atoms with Gasteiger partial charge in [-0.25, -0.2) is 5.01 Å². The molecule has 0 aliphatic carbocycles. The highest BCUT2D eigenvalue weighted by atomic mass is 16.2. The van der Waals surface area contributed by atoms with E-state index in [9.17, 15) is 4.79 Å². The largest absolute Gasteiger partial charge is 0.387 e. The van der Waals surface area contributed by atoms with Crippen LogP contribution in [0.1, 0.15) is 35.3 Å². The molecule has 18 heavy (non-hydrogen) atoms. The number of pyridine rings is 1. The summed E-state index contributed by atoms with van der Waals surface area (Å²) in [6.45, 7) is 3.77. The average molecular weight is 248 g/mol. The SMILES string of the molecule is CNc1cc(C)ncc1C(=O)NN1CCCCC1. The second kappa shape index (κ2) is 5.82. The summed E-state index contributed by atoms with van der Waals surface area (Å²) in [7, 11) is 1.81. The van der Waals surface area contributed by atoms with Crippen LogP contribution in [0.2, 0.25) is 0 Å². The number of carbonyl (C=O) groups excluding carboxylic acids is 1. The van der Waals surface area contributed by atoms with Crippen molar-refractivity contribution in [3.63, 3.8) is 0 Å². The van der Waals surface area contributed by atoms with E-state index in [1.54, 1.807) is 6.20 Å². The van der Waals surface area contributed by atoms with E-state index in [-0.39, 0.29) is 5.91 Å². The van der Waals surface area contributed by atoms with Crippen molar-refractivity contribution >= 4 is 11.6 Å². The Labute approximate surface area is 108 Å². The van der Waals surface area contributed by atoms with Gasteiger partial charge >= 0.3 is 0 Å². The molecular weight excluding hydrogens is 228 g/mol. The van der Waals surface area contributed by atoms with Gasteiger partial charge in [-0.15, -0.1) is 0 Å². The molecular formula is C13H20N4O. The van der Waals surface area contributed by atoms with Crippen LogP contribution < -0.4 is 10.7 Å². The van der Waals surface area contributed by atoms with E-state index >= 15 is 0 Å². The van der Waals surface area contributed by atoms with Crippen molar-refractivity contribution in [3.05, 3.63) is 23.5 Å². The second-order valence-electron chi connectivity index (χ2n) is 4.61. The summed E-state index contributed by atoms with van der Waals surface area (Å²) in [6.07, 6.45) is 5.16. The molecule has 0 spiro atoms. The summed E-state index contributed by atoms with van der Waals surface area (Å²) < 4.78 is 0. The van der Waals surface area contributed by atoms with Crippen LogP contribution in [-0.4, -0.2) is 36.0 Å². The van der Waals surface area contributed by atoms with Crippen LogP contribution in [0.3, 0.4) is 0 Å². The predicted octanol–water partition coefficient (Wildman–Crippen LogP) is 1.56. The number of piperidine rings is 1. The van der Waals surface area contributed by atoms with Crippen molar-refractivity contribution in [2.24, 2.45) is 0 Å². The van der Waals surface area contributed by atoms with E-state index < -0.39 is 0 Å². The van der Waals surface area contributed by atoms with Crippen molar-refractivity contribution in [1.29, 1.82) is 0 Å². The topological polar surface area (TPSA) is 57.3 Å². The lowest BCUT2D eigenvalue weighted by Gasteiger charge is -2.27. The molecule has 0 atom stereocenters. The van der Waals surface area contributed by atoms with E-state index in [1.165, 1.54) is 6.42 Å². The van der Waals surface area contributed by atoms with Gasteiger partial charge in [0.15, 0.2) is 0 Å². The Morgan fingerprint density at radius 2 is 2.06 bits per heavy atom. The lowest BCUT2D eigenvalue weighted by Crippen LogP contribution is -2.45. The molecule has 1 aliphatic rings. The summed E-state index contributed by atoms with van der Waals surface area (Å²) >= 11 is 0. The van der Waals surface area contributed by atoms with Gasteiger partial charge in [0.1, 0.15) is 0 Å². The van der Waals surface area contributed by atoms with Crippen LogP contribution in [0, 0.1) is 6.92 Å². The number of carbonyl (C=O) groups is 1. The third-order valence-electron chi connectivity index (χ3n) is 3.17. The zero-order valence-electron chi connectivity index (χ0n) is 11.0. The van der Waals surface area contributed by atoms with Crippen molar-refractivity contribution in [3.8, 4) is 0 Å². The first-order valence-electron chi connectivity index (χ1n) is 6.41. The van der Waals surface area contributed by atoms with Crippen molar-refractivity contribution in [2.45, 2.75) is 26.2 Å². The number of aromatic nitrogens is 1. The molecule has 2 heterocycles. The standard InChI is InChI=1S/C13H20N4O/c1-10-8-12(14-2)11(9-15-10)13(18)16-17-6-4-3-5-7-17/h8-9H,3-7H2,1-2H3,(H,14,15)(H,16,18). The van der Waals surface area contributed by atoms with E-state index in [4.69, 9.17) is 0 Å². The normalized spacial score (nSPS) is 16.3. The Hall–Kier alpha value is -1.62. The van der Waals surface area contributed by atoms with Gasteiger partial charge in [0.25, 0.3) is 5.91 Å². The van der Waals surface area contributed by atoms with Gasteiger partial charge in [0, 0.05) is 32.0 Å². The first-order chi connectivity index (χ1) is 8.70. The van der Waals surface area contributed by atoms with Crippen molar-refractivity contribution in [2.75, 3.05) is 25.5 Å². The maximum absolute atomic E-state index is 12.2. The summed E-state index contributed by atoms with van der Waals surface area (Å²) in [6, 6.07) is 1.88. The predicted molar refractivity (Wildman–Crippen MR) is 71.4 cm³/mol. The molecule has 1 aliphatic heterocycles. The average Bonchev–Trinajstić information content (AvgIpc) is 2.39. The number of anilines is 1. The van der Waals surface area contributed by atoms with E-state index in [0.29, 0.717) is 5.56 Å². The zero-order chi connectivity index (χ0) is 13.0. The van der Waals surface area contributed by atoms with Gasteiger partial charge in [0.2, 0.25) is 0 Å².